The zero-order valence-electron chi connectivity index (χ0n) is 12.9. The van der Waals surface area contributed by atoms with Gasteiger partial charge < -0.3 is 10.1 Å². The van der Waals surface area contributed by atoms with Gasteiger partial charge in [0.25, 0.3) is 0 Å². The topological polar surface area (TPSA) is 64.9 Å². The van der Waals surface area contributed by atoms with Gasteiger partial charge in [-0.1, -0.05) is 0 Å². The maximum absolute atomic E-state index is 5.93. The van der Waals surface area contributed by atoms with Crippen molar-refractivity contribution in [1.29, 1.82) is 0 Å². The van der Waals surface area contributed by atoms with Crippen LogP contribution in [0.2, 0.25) is 0 Å². The molecule has 1 aliphatic rings. The first kappa shape index (κ1) is 13.9. The third kappa shape index (κ3) is 2.84. The molecule has 3 rings (SSSR count). The molecule has 6 heteroatoms. The van der Waals surface area contributed by atoms with Gasteiger partial charge in [0.2, 0.25) is 5.88 Å². The highest BCUT2D eigenvalue weighted by Crippen LogP contribution is 2.40. The minimum absolute atomic E-state index is 0.309. The molecule has 112 valence electrons. The maximum atomic E-state index is 5.93. The molecular formula is C15H21N5O. The maximum Gasteiger partial charge on any atom is 0.227 e. The van der Waals surface area contributed by atoms with E-state index >= 15 is 0 Å². The van der Waals surface area contributed by atoms with Gasteiger partial charge in [-0.3, -0.25) is 4.68 Å². The Bertz CT molecular complexity index is 646. The van der Waals surface area contributed by atoms with Crippen molar-refractivity contribution in [2.45, 2.75) is 45.6 Å². The summed E-state index contributed by atoms with van der Waals surface area (Å²) in [7, 11) is 1.87. The lowest BCUT2D eigenvalue weighted by Gasteiger charge is -2.11. The average Bonchev–Trinajstić information content (AvgIpc) is 3.20. The molecule has 6 nitrogen and oxygen atoms in total. The van der Waals surface area contributed by atoms with Gasteiger partial charge in [0.1, 0.15) is 11.6 Å². The normalized spacial score (nSPS) is 14.5. The summed E-state index contributed by atoms with van der Waals surface area (Å²) in [4.78, 5) is 9.15. The van der Waals surface area contributed by atoms with Crippen LogP contribution in [-0.2, 0) is 0 Å². The van der Waals surface area contributed by atoms with Crippen LogP contribution in [0.3, 0.4) is 0 Å². The molecule has 1 N–H and O–H groups in total. The van der Waals surface area contributed by atoms with E-state index in [2.05, 4.69) is 34.2 Å². The van der Waals surface area contributed by atoms with Crippen molar-refractivity contribution in [3.05, 3.63) is 23.8 Å². The number of anilines is 1. The Balaban J connectivity index is 1.90. The van der Waals surface area contributed by atoms with Gasteiger partial charge >= 0.3 is 0 Å². The minimum Gasteiger partial charge on any atom is -0.435 e. The van der Waals surface area contributed by atoms with Crippen LogP contribution in [0.4, 0.5) is 5.82 Å². The van der Waals surface area contributed by atoms with Crippen LogP contribution in [0.15, 0.2) is 12.4 Å². The first-order chi connectivity index (χ1) is 10.1. The fraction of sp³-hybridized carbons (Fsp3) is 0.533. The van der Waals surface area contributed by atoms with Gasteiger partial charge in [-0.25, -0.2) is 4.98 Å². The number of rotatable bonds is 5. The number of hydrogen-bond acceptors (Lipinski definition) is 5. The van der Waals surface area contributed by atoms with Gasteiger partial charge in [0.15, 0.2) is 5.75 Å². The molecule has 2 aromatic heterocycles. The molecule has 2 heterocycles. The highest BCUT2D eigenvalue weighted by atomic mass is 16.5. The number of ether oxygens (including phenoxy) is 1. The van der Waals surface area contributed by atoms with Gasteiger partial charge in [0, 0.05) is 19.0 Å². The lowest BCUT2D eigenvalue weighted by atomic mass is 10.3. The van der Waals surface area contributed by atoms with Crippen LogP contribution < -0.4 is 10.1 Å². The van der Waals surface area contributed by atoms with E-state index in [4.69, 9.17) is 4.74 Å². The third-order valence-corrected chi connectivity index (χ3v) is 3.62. The van der Waals surface area contributed by atoms with Gasteiger partial charge in [-0.15, -0.1) is 0 Å². The number of nitrogens with zero attached hydrogens (tertiary/aromatic N) is 4. The minimum atomic E-state index is 0.309. The lowest BCUT2D eigenvalue weighted by Crippen LogP contribution is -2.04. The summed E-state index contributed by atoms with van der Waals surface area (Å²) in [6.45, 7) is 6.12. The summed E-state index contributed by atoms with van der Waals surface area (Å²) >= 11 is 0. The number of nitrogens with one attached hydrogen (secondary N) is 1. The first-order valence-corrected chi connectivity index (χ1v) is 7.36. The Labute approximate surface area is 124 Å². The molecule has 1 aliphatic carbocycles. The predicted molar refractivity (Wildman–Crippen MR) is 81.0 cm³/mol. The standard InChI is InChI=1S/C15H21N5O/c1-9(2)20-8-12(7-17-20)21-15-10(3)13(16-4)18-14(19-15)11-5-6-11/h7-9,11H,5-6H2,1-4H3,(H,16,18,19). The highest BCUT2D eigenvalue weighted by molar-refractivity contribution is 5.49. The summed E-state index contributed by atoms with van der Waals surface area (Å²) in [6.07, 6.45) is 5.94. The molecule has 21 heavy (non-hydrogen) atoms. The summed E-state index contributed by atoms with van der Waals surface area (Å²) in [5.41, 5.74) is 0.916. The van der Waals surface area contributed by atoms with E-state index in [1.165, 1.54) is 0 Å². The van der Waals surface area contributed by atoms with E-state index in [-0.39, 0.29) is 0 Å². The van der Waals surface area contributed by atoms with E-state index in [1.54, 1.807) is 6.20 Å². The summed E-state index contributed by atoms with van der Waals surface area (Å²) in [5.74, 6) is 3.50. The quantitative estimate of drug-likeness (QED) is 0.914. The fourth-order valence-electron chi connectivity index (χ4n) is 2.15. The van der Waals surface area contributed by atoms with Crippen molar-refractivity contribution >= 4 is 5.82 Å². The predicted octanol–water partition coefficient (Wildman–Crippen LogP) is 3.27. The zero-order valence-corrected chi connectivity index (χ0v) is 12.9. The van der Waals surface area contributed by atoms with Gasteiger partial charge in [0.05, 0.1) is 18.0 Å². The first-order valence-electron chi connectivity index (χ1n) is 7.36. The van der Waals surface area contributed by atoms with Crippen LogP contribution >= 0.6 is 0 Å². The van der Waals surface area contributed by atoms with Crippen LogP contribution in [0.5, 0.6) is 11.6 Å². The SMILES string of the molecule is CNc1nc(C2CC2)nc(Oc2cnn(C(C)C)c2)c1C. The van der Waals surface area contributed by atoms with Gasteiger partial charge in [-0.2, -0.15) is 10.1 Å². The Hall–Kier alpha value is -2.11. The van der Waals surface area contributed by atoms with E-state index in [0.29, 0.717) is 23.6 Å². The largest absolute Gasteiger partial charge is 0.435 e. The molecule has 1 fully saturated rings. The second-order valence-electron chi connectivity index (χ2n) is 5.74. The van der Waals surface area contributed by atoms with Crippen LogP contribution in [0.1, 0.15) is 50.0 Å². The van der Waals surface area contributed by atoms with E-state index in [1.807, 2.05) is 24.9 Å². The van der Waals surface area contributed by atoms with E-state index in [9.17, 15) is 0 Å². The molecule has 0 amide bonds. The third-order valence-electron chi connectivity index (χ3n) is 3.62. The monoisotopic (exact) mass is 287 g/mol. The summed E-state index contributed by atoms with van der Waals surface area (Å²) < 4.78 is 7.79. The molecule has 0 aromatic carbocycles. The highest BCUT2D eigenvalue weighted by Gasteiger charge is 2.28. The summed E-state index contributed by atoms with van der Waals surface area (Å²) in [5, 5.41) is 7.40. The number of hydrogen-bond donors (Lipinski definition) is 1. The number of aromatic nitrogens is 4. The molecule has 0 unspecified atom stereocenters. The van der Waals surface area contributed by atoms with Crippen molar-refractivity contribution in [1.82, 2.24) is 19.7 Å². The molecular weight excluding hydrogens is 266 g/mol. The molecule has 2 aromatic rings. The molecule has 0 aliphatic heterocycles. The fourth-order valence-corrected chi connectivity index (χ4v) is 2.15. The van der Waals surface area contributed by atoms with E-state index < -0.39 is 0 Å². The van der Waals surface area contributed by atoms with Crippen LogP contribution in [-0.4, -0.2) is 26.8 Å². The molecule has 0 saturated heterocycles. The Morgan fingerprint density at radius 1 is 1.33 bits per heavy atom. The second kappa shape index (κ2) is 5.35. The smallest absolute Gasteiger partial charge is 0.227 e. The second-order valence-corrected chi connectivity index (χ2v) is 5.74. The van der Waals surface area contributed by atoms with Crippen molar-refractivity contribution in [3.63, 3.8) is 0 Å². The Kier molecular flexibility index (Phi) is 3.53. The van der Waals surface area contributed by atoms with Crippen molar-refractivity contribution in [2.24, 2.45) is 0 Å². The van der Waals surface area contributed by atoms with Crippen molar-refractivity contribution < 1.29 is 4.74 Å². The van der Waals surface area contributed by atoms with E-state index in [0.717, 1.165) is 30.0 Å². The van der Waals surface area contributed by atoms with Crippen molar-refractivity contribution in [2.75, 3.05) is 12.4 Å². The zero-order chi connectivity index (χ0) is 15.0. The molecule has 0 atom stereocenters. The molecule has 0 spiro atoms. The molecule has 1 saturated carbocycles. The lowest BCUT2D eigenvalue weighted by molar-refractivity contribution is 0.451. The summed E-state index contributed by atoms with van der Waals surface area (Å²) in [6, 6.07) is 0.309. The molecule has 0 bridgehead atoms. The molecule has 0 radical (unpaired) electrons. The van der Waals surface area contributed by atoms with Crippen LogP contribution in [0, 0.1) is 6.92 Å². The average molecular weight is 287 g/mol. The van der Waals surface area contributed by atoms with Gasteiger partial charge in [-0.05, 0) is 33.6 Å². The van der Waals surface area contributed by atoms with Crippen molar-refractivity contribution in [3.8, 4) is 11.6 Å². The Morgan fingerprint density at radius 3 is 2.67 bits per heavy atom. The Morgan fingerprint density at radius 2 is 2.10 bits per heavy atom. The van der Waals surface area contributed by atoms with Crippen LogP contribution in [0.25, 0.3) is 0 Å².